The number of benzene rings is 1. The number of aromatic nitrogens is 2. The van der Waals surface area contributed by atoms with Gasteiger partial charge in [0.2, 0.25) is 0 Å². The van der Waals surface area contributed by atoms with Crippen molar-refractivity contribution >= 4 is 11.6 Å². The number of hydrogen-bond acceptors (Lipinski definition) is 3. The second kappa shape index (κ2) is 5.82. The van der Waals surface area contributed by atoms with E-state index in [9.17, 15) is 18.4 Å². The Bertz CT molecular complexity index is 741. The highest BCUT2D eigenvalue weighted by Gasteiger charge is 2.12. The third kappa shape index (κ3) is 3.31. The summed E-state index contributed by atoms with van der Waals surface area (Å²) in [6.45, 7) is 3.51. The molecule has 0 aliphatic rings. The van der Waals surface area contributed by atoms with Crippen LogP contribution < -0.4 is 10.9 Å². The van der Waals surface area contributed by atoms with Crippen LogP contribution in [0.5, 0.6) is 0 Å². The molecule has 0 atom stereocenters. The normalized spacial score (nSPS) is 10.7. The highest BCUT2D eigenvalue weighted by Crippen LogP contribution is 2.13. The summed E-state index contributed by atoms with van der Waals surface area (Å²) in [5.74, 6) is -2.68. The molecule has 2 aromatic rings. The van der Waals surface area contributed by atoms with Gasteiger partial charge in [0.25, 0.3) is 11.5 Å². The van der Waals surface area contributed by atoms with Crippen molar-refractivity contribution in [1.82, 2.24) is 9.78 Å². The minimum atomic E-state index is -1.06. The number of amides is 1. The van der Waals surface area contributed by atoms with E-state index in [0.717, 1.165) is 12.1 Å². The second-order valence-corrected chi connectivity index (χ2v) is 4.68. The lowest BCUT2D eigenvalue weighted by Gasteiger charge is -2.10. The van der Waals surface area contributed by atoms with Crippen LogP contribution in [0.25, 0.3) is 0 Å². The van der Waals surface area contributed by atoms with Crippen LogP contribution in [0.2, 0.25) is 0 Å². The standard InChI is InChI=1S/C14H13F2N3O2/c1-8(2)19-13(20)6-5-12(18-19)14(21)17-9-3-4-10(15)11(16)7-9/h3-8H,1-2H3,(H,17,21). The first-order valence-corrected chi connectivity index (χ1v) is 6.25. The van der Waals surface area contributed by atoms with Gasteiger partial charge in [0.05, 0.1) is 6.04 Å². The molecule has 0 aliphatic carbocycles. The summed E-state index contributed by atoms with van der Waals surface area (Å²) in [6.07, 6.45) is 0. The summed E-state index contributed by atoms with van der Waals surface area (Å²) in [5, 5.41) is 6.32. The van der Waals surface area contributed by atoms with Crippen molar-refractivity contribution < 1.29 is 13.6 Å². The number of rotatable bonds is 3. The Labute approximate surface area is 119 Å². The number of nitrogens with zero attached hydrogens (tertiary/aromatic N) is 2. The monoisotopic (exact) mass is 293 g/mol. The quantitative estimate of drug-likeness (QED) is 0.944. The van der Waals surface area contributed by atoms with Gasteiger partial charge in [-0.1, -0.05) is 0 Å². The summed E-state index contributed by atoms with van der Waals surface area (Å²) < 4.78 is 27.0. The maximum absolute atomic E-state index is 13.1. The van der Waals surface area contributed by atoms with Gasteiger partial charge >= 0.3 is 0 Å². The predicted molar refractivity (Wildman–Crippen MR) is 73.2 cm³/mol. The first-order chi connectivity index (χ1) is 9.88. The Morgan fingerprint density at radius 3 is 2.52 bits per heavy atom. The summed E-state index contributed by atoms with van der Waals surface area (Å²) >= 11 is 0. The van der Waals surface area contributed by atoms with Crippen molar-refractivity contribution in [2.75, 3.05) is 5.32 Å². The van der Waals surface area contributed by atoms with Crippen molar-refractivity contribution in [3.8, 4) is 0 Å². The van der Waals surface area contributed by atoms with Crippen LogP contribution in [0.3, 0.4) is 0 Å². The predicted octanol–water partition coefficient (Wildman–Crippen LogP) is 2.35. The molecule has 21 heavy (non-hydrogen) atoms. The zero-order valence-corrected chi connectivity index (χ0v) is 11.4. The fraction of sp³-hybridized carbons (Fsp3) is 0.214. The molecule has 0 saturated heterocycles. The van der Waals surface area contributed by atoms with Crippen molar-refractivity contribution in [3.63, 3.8) is 0 Å². The number of nitrogens with one attached hydrogen (secondary N) is 1. The molecule has 1 amide bonds. The van der Waals surface area contributed by atoms with E-state index in [4.69, 9.17) is 0 Å². The van der Waals surface area contributed by atoms with E-state index >= 15 is 0 Å². The molecular weight excluding hydrogens is 280 g/mol. The second-order valence-electron chi connectivity index (χ2n) is 4.68. The Hall–Kier alpha value is -2.57. The Morgan fingerprint density at radius 1 is 1.19 bits per heavy atom. The smallest absolute Gasteiger partial charge is 0.276 e. The molecule has 0 radical (unpaired) electrons. The molecule has 0 fully saturated rings. The van der Waals surface area contributed by atoms with Crippen molar-refractivity contribution in [2.24, 2.45) is 0 Å². The average Bonchev–Trinajstić information content (AvgIpc) is 2.43. The highest BCUT2D eigenvalue weighted by atomic mass is 19.2. The Balaban J connectivity index is 2.26. The van der Waals surface area contributed by atoms with Crippen LogP contribution in [-0.2, 0) is 0 Å². The highest BCUT2D eigenvalue weighted by molar-refractivity contribution is 6.02. The first kappa shape index (κ1) is 14.8. The molecule has 1 aromatic heterocycles. The van der Waals surface area contributed by atoms with Gasteiger partial charge in [-0.25, -0.2) is 13.5 Å². The minimum absolute atomic E-state index is 0.00744. The molecular formula is C14H13F2N3O2. The van der Waals surface area contributed by atoms with Crippen LogP contribution >= 0.6 is 0 Å². The van der Waals surface area contributed by atoms with Gasteiger partial charge < -0.3 is 5.32 Å². The molecule has 0 aliphatic heterocycles. The Kier molecular flexibility index (Phi) is 4.11. The van der Waals surface area contributed by atoms with E-state index in [-0.39, 0.29) is 23.0 Å². The molecule has 0 saturated carbocycles. The minimum Gasteiger partial charge on any atom is -0.320 e. The third-order valence-electron chi connectivity index (χ3n) is 2.72. The number of carbonyl (C=O) groups is 1. The van der Waals surface area contributed by atoms with Crippen molar-refractivity contribution in [3.05, 3.63) is 58.0 Å². The van der Waals surface area contributed by atoms with Crippen LogP contribution in [0.4, 0.5) is 14.5 Å². The van der Waals surface area contributed by atoms with Gasteiger partial charge in [0, 0.05) is 17.8 Å². The first-order valence-electron chi connectivity index (χ1n) is 6.25. The Morgan fingerprint density at radius 2 is 1.90 bits per heavy atom. The lowest BCUT2D eigenvalue weighted by Crippen LogP contribution is -2.27. The molecule has 110 valence electrons. The van der Waals surface area contributed by atoms with E-state index in [1.165, 1.54) is 22.9 Å². The van der Waals surface area contributed by atoms with E-state index in [1.54, 1.807) is 13.8 Å². The number of halogens is 2. The molecule has 7 heteroatoms. The zero-order valence-electron chi connectivity index (χ0n) is 11.4. The maximum atomic E-state index is 13.1. The van der Waals surface area contributed by atoms with E-state index in [2.05, 4.69) is 10.4 Å². The third-order valence-corrected chi connectivity index (χ3v) is 2.72. The lowest BCUT2D eigenvalue weighted by molar-refractivity contribution is 0.101. The van der Waals surface area contributed by atoms with Crippen LogP contribution in [-0.4, -0.2) is 15.7 Å². The fourth-order valence-electron chi connectivity index (χ4n) is 1.69. The number of carbonyl (C=O) groups excluding carboxylic acids is 1. The summed E-state index contributed by atoms with van der Waals surface area (Å²) in [7, 11) is 0. The molecule has 1 N–H and O–H groups in total. The molecule has 0 unspecified atom stereocenters. The molecule has 1 heterocycles. The van der Waals surface area contributed by atoms with E-state index < -0.39 is 17.5 Å². The molecule has 5 nitrogen and oxygen atoms in total. The molecule has 2 rings (SSSR count). The van der Waals surface area contributed by atoms with E-state index in [0.29, 0.717) is 0 Å². The van der Waals surface area contributed by atoms with Crippen molar-refractivity contribution in [2.45, 2.75) is 19.9 Å². The van der Waals surface area contributed by atoms with Gasteiger partial charge in [0.1, 0.15) is 5.69 Å². The van der Waals surface area contributed by atoms with E-state index in [1.807, 2.05) is 0 Å². The summed E-state index contributed by atoms with van der Waals surface area (Å²) in [5.41, 5.74) is -0.217. The molecule has 1 aromatic carbocycles. The van der Waals surface area contributed by atoms with Crippen LogP contribution in [0.1, 0.15) is 30.4 Å². The van der Waals surface area contributed by atoms with Gasteiger partial charge in [0.15, 0.2) is 11.6 Å². The number of hydrogen-bond donors (Lipinski definition) is 1. The topological polar surface area (TPSA) is 64.0 Å². The summed E-state index contributed by atoms with van der Waals surface area (Å²) in [6, 6.07) is 5.31. The fourth-order valence-corrected chi connectivity index (χ4v) is 1.69. The maximum Gasteiger partial charge on any atom is 0.276 e. The zero-order chi connectivity index (χ0) is 15.6. The summed E-state index contributed by atoms with van der Waals surface area (Å²) in [4.78, 5) is 23.5. The van der Waals surface area contributed by atoms with Gasteiger partial charge in [-0.3, -0.25) is 9.59 Å². The van der Waals surface area contributed by atoms with Gasteiger partial charge in [-0.15, -0.1) is 0 Å². The molecule has 0 bridgehead atoms. The SMILES string of the molecule is CC(C)n1nc(C(=O)Nc2ccc(F)c(F)c2)ccc1=O. The molecule has 0 spiro atoms. The number of anilines is 1. The van der Waals surface area contributed by atoms with Gasteiger partial charge in [-0.2, -0.15) is 5.10 Å². The average molecular weight is 293 g/mol. The van der Waals surface area contributed by atoms with Crippen LogP contribution in [0, 0.1) is 11.6 Å². The van der Waals surface area contributed by atoms with Crippen LogP contribution in [0.15, 0.2) is 35.1 Å². The lowest BCUT2D eigenvalue weighted by atomic mass is 10.3. The van der Waals surface area contributed by atoms with Crippen molar-refractivity contribution in [1.29, 1.82) is 0 Å². The van der Waals surface area contributed by atoms with Gasteiger partial charge in [-0.05, 0) is 32.0 Å². The largest absolute Gasteiger partial charge is 0.320 e.